The van der Waals surface area contributed by atoms with E-state index in [1.54, 1.807) is 48.5 Å². The van der Waals surface area contributed by atoms with Gasteiger partial charge < -0.3 is 14.9 Å². The number of amides is 1. The van der Waals surface area contributed by atoms with E-state index < -0.39 is 23.7 Å². The first-order valence-corrected chi connectivity index (χ1v) is 11.6. The standard InChI is InChI=1S/C30H23NO6/c1-37-25(33)17-18-9-13-21(14-10-18)31-27(20-11-15-22(32)16-12-20)26(29(35)30(31)36)28(34)24-8-4-6-19-5-2-3-7-23(19)24/h2-16,27,32,34H,17H2,1H3/b28-26-. The number of esters is 1. The van der Waals surface area contributed by atoms with Gasteiger partial charge in [-0.15, -0.1) is 0 Å². The first kappa shape index (κ1) is 23.8. The van der Waals surface area contributed by atoms with Crippen molar-refractivity contribution < 1.29 is 29.3 Å². The number of fused-ring (bicyclic) bond motifs is 1. The van der Waals surface area contributed by atoms with Gasteiger partial charge in [0.2, 0.25) is 0 Å². The predicted octanol–water partition coefficient (Wildman–Crippen LogP) is 4.89. The highest BCUT2D eigenvalue weighted by Crippen LogP contribution is 2.43. The average molecular weight is 494 g/mol. The van der Waals surface area contributed by atoms with E-state index in [2.05, 4.69) is 0 Å². The zero-order valence-electron chi connectivity index (χ0n) is 19.9. The molecule has 7 nitrogen and oxygen atoms in total. The van der Waals surface area contributed by atoms with E-state index in [0.717, 1.165) is 10.8 Å². The summed E-state index contributed by atoms with van der Waals surface area (Å²) in [5, 5.41) is 23.0. The molecule has 1 amide bonds. The minimum atomic E-state index is -0.939. The summed E-state index contributed by atoms with van der Waals surface area (Å²) in [5.41, 5.74) is 2.03. The van der Waals surface area contributed by atoms with Crippen molar-refractivity contribution in [3.63, 3.8) is 0 Å². The van der Waals surface area contributed by atoms with E-state index >= 15 is 0 Å². The molecule has 1 fully saturated rings. The minimum absolute atomic E-state index is 0.0296. The summed E-state index contributed by atoms with van der Waals surface area (Å²) in [6.45, 7) is 0. The number of aliphatic hydroxyl groups is 1. The van der Waals surface area contributed by atoms with Crippen LogP contribution in [0.4, 0.5) is 5.69 Å². The number of nitrogens with zero attached hydrogens (tertiary/aromatic N) is 1. The maximum absolute atomic E-state index is 13.4. The Morgan fingerprint density at radius 2 is 1.57 bits per heavy atom. The molecule has 0 bridgehead atoms. The highest BCUT2D eigenvalue weighted by atomic mass is 16.5. The van der Waals surface area contributed by atoms with Gasteiger partial charge in [0.15, 0.2) is 0 Å². The molecule has 37 heavy (non-hydrogen) atoms. The largest absolute Gasteiger partial charge is 0.508 e. The molecule has 0 spiro atoms. The smallest absolute Gasteiger partial charge is 0.309 e. The summed E-state index contributed by atoms with van der Waals surface area (Å²) < 4.78 is 4.71. The Labute approximate surface area is 212 Å². The fourth-order valence-corrected chi connectivity index (χ4v) is 4.66. The number of rotatable bonds is 5. The van der Waals surface area contributed by atoms with Gasteiger partial charge in [-0.3, -0.25) is 19.3 Å². The van der Waals surface area contributed by atoms with Crippen molar-refractivity contribution in [2.75, 3.05) is 12.0 Å². The number of Topliss-reactive ketones (excluding diaryl/α,β-unsaturated/α-hetero) is 1. The monoisotopic (exact) mass is 493 g/mol. The summed E-state index contributed by atoms with van der Waals surface area (Å²) in [6.07, 6.45) is 0.0675. The molecule has 5 rings (SSSR count). The third kappa shape index (κ3) is 4.31. The molecular formula is C30H23NO6. The van der Waals surface area contributed by atoms with E-state index in [0.29, 0.717) is 22.4 Å². The molecule has 0 aliphatic carbocycles. The Balaban J connectivity index is 1.68. The van der Waals surface area contributed by atoms with Gasteiger partial charge in [-0.2, -0.15) is 0 Å². The lowest BCUT2D eigenvalue weighted by Crippen LogP contribution is -2.29. The lowest BCUT2D eigenvalue weighted by Gasteiger charge is -2.25. The van der Waals surface area contributed by atoms with Crippen LogP contribution in [0.2, 0.25) is 0 Å². The second-order valence-electron chi connectivity index (χ2n) is 8.71. The molecule has 184 valence electrons. The van der Waals surface area contributed by atoms with Crippen LogP contribution in [-0.4, -0.2) is 35.0 Å². The SMILES string of the molecule is COC(=O)Cc1ccc(N2C(=O)C(=O)/C(=C(\O)c3cccc4ccccc34)C2c2ccc(O)cc2)cc1. The zero-order valence-corrected chi connectivity index (χ0v) is 19.9. The quantitative estimate of drug-likeness (QED) is 0.178. The number of hydrogen-bond donors (Lipinski definition) is 2. The van der Waals surface area contributed by atoms with E-state index in [1.165, 1.54) is 24.1 Å². The number of phenolic OH excluding ortho intramolecular Hbond substituents is 1. The lowest BCUT2D eigenvalue weighted by molar-refractivity contribution is -0.139. The lowest BCUT2D eigenvalue weighted by atomic mass is 9.93. The first-order chi connectivity index (χ1) is 17.9. The minimum Gasteiger partial charge on any atom is -0.508 e. The Bertz CT molecular complexity index is 1550. The second kappa shape index (κ2) is 9.62. The number of methoxy groups -OCH3 is 1. The zero-order chi connectivity index (χ0) is 26.1. The average Bonchev–Trinajstić information content (AvgIpc) is 3.18. The van der Waals surface area contributed by atoms with Gasteiger partial charge in [0.25, 0.3) is 11.7 Å². The van der Waals surface area contributed by atoms with Crippen molar-refractivity contribution in [1.29, 1.82) is 0 Å². The molecule has 4 aromatic carbocycles. The van der Waals surface area contributed by atoms with Crippen molar-refractivity contribution in [3.8, 4) is 5.75 Å². The maximum atomic E-state index is 13.4. The summed E-state index contributed by atoms with van der Waals surface area (Å²) >= 11 is 0. The number of carbonyl (C=O) groups excluding carboxylic acids is 3. The van der Waals surface area contributed by atoms with Gasteiger partial charge in [-0.05, 0) is 46.2 Å². The molecule has 1 atom stereocenters. The molecule has 1 aliphatic heterocycles. The molecule has 2 N–H and O–H groups in total. The molecule has 4 aromatic rings. The Morgan fingerprint density at radius 1 is 0.892 bits per heavy atom. The van der Waals surface area contributed by atoms with Crippen molar-refractivity contribution in [2.24, 2.45) is 0 Å². The molecular weight excluding hydrogens is 470 g/mol. The Hall–Kier alpha value is -4.91. The second-order valence-corrected chi connectivity index (χ2v) is 8.71. The van der Waals surface area contributed by atoms with Crippen LogP contribution in [0.15, 0.2) is 96.6 Å². The topological polar surface area (TPSA) is 104 Å². The summed E-state index contributed by atoms with van der Waals surface area (Å²) in [6, 6.07) is 24.7. The van der Waals surface area contributed by atoms with Gasteiger partial charge in [-0.25, -0.2) is 0 Å². The van der Waals surface area contributed by atoms with Crippen LogP contribution in [0.25, 0.3) is 16.5 Å². The number of ether oxygens (including phenoxy) is 1. The number of ketones is 1. The van der Waals surface area contributed by atoms with Crippen molar-refractivity contribution in [1.82, 2.24) is 0 Å². The summed E-state index contributed by atoms with van der Waals surface area (Å²) in [4.78, 5) is 39.8. The van der Waals surface area contributed by atoms with E-state index in [9.17, 15) is 24.6 Å². The third-order valence-corrected chi connectivity index (χ3v) is 6.49. The van der Waals surface area contributed by atoms with Crippen molar-refractivity contribution in [3.05, 3.63) is 113 Å². The molecule has 1 saturated heterocycles. The molecule has 1 unspecified atom stereocenters. The fourth-order valence-electron chi connectivity index (χ4n) is 4.66. The number of anilines is 1. The molecule has 0 saturated carbocycles. The Kier molecular flexibility index (Phi) is 6.19. The number of aromatic hydroxyl groups is 1. The van der Waals surface area contributed by atoms with Crippen LogP contribution in [0.3, 0.4) is 0 Å². The van der Waals surface area contributed by atoms with Crippen LogP contribution >= 0.6 is 0 Å². The Morgan fingerprint density at radius 3 is 2.27 bits per heavy atom. The fraction of sp³-hybridized carbons (Fsp3) is 0.100. The van der Waals surface area contributed by atoms with E-state index in [4.69, 9.17) is 4.74 Å². The van der Waals surface area contributed by atoms with Crippen LogP contribution in [0.1, 0.15) is 22.7 Å². The van der Waals surface area contributed by atoms with E-state index in [-0.39, 0.29) is 23.5 Å². The summed E-state index contributed by atoms with van der Waals surface area (Å²) in [7, 11) is 1.31. The number of carbonyl (C=O) groups is 3. The number of hydrogen-bond acceptors (Lipinski definition) is 6. The molecule has 1 heterocycles. The van der Waals surface area contributed by atoms with Crippen molar-refractivity contribution in [2.45, 2.75) is 12.5 Å². The highest BCUT2D eigenvalue weighted by molar-refractivity contribution is 6.51. The normalized spacial score (nSPS) is 16.8. The molecule has 7 heteroatoms. The van der Waals surface area contributed by atoms with Crippen LogP contribution in [0.5, 0.6) is 5.75 Å². The molecule has 0 aromatic heterocycles. The van der Waals surface area contributed by atoms with Gasteiger partial charge in [0, 0.05) is 11.3 Å². The highest BCUT2D eigenvalue weighted by Gasteiger charge is 2.47. The van der Waals surface area contributed by atoms with Crippen LogP contribution in [-0.2, 0) is 25.5 Å². The van der Waals surface area contributed by atoms with Gasteiger partial charge in [-0.1, -0.05) is 66.7 Å². The number of aliphatic hydroxyl groups excluding tert-OH is 1. The van der Waals surface area contributed by atoms with Crippen LogP contribution < -0.4 is 4.90 Å². The predicted molar refractivity (Wildman–Crippen MR) is 139 cm³/mol. The maximum Gasteiger partial charge on any atom is 0.309 e. The van der Waals surface area contributed by atoms with Crippen molar-refractivity contribution >= 4 is 39.9 Å². The summed E-state index contributed by atoms with van der Waals surface area (Å²) in [5.74, 6) is -2.25. The number of phenols is 1. The molecule has 0 radical (unpaired) electrons. The third-order valence-electron chi connectivity index (χ3n) is 6.49. The van der Waals surface area contributed by atoms with Crippen LogP contribution in [0, 0.1) is 0 Å². The van der Waals surface area contributed by atoms with E-state index in [1.807, 2.05) is 30.3 Å². The van der Waals surface area contributed by atoms with Gasteiger partial charge >= 0.3 is 5.97 Å². The number of benzene rings is 4. The first-order valence-electron chi connectivity index (χ1n) is 11.6. The molecule has 1 aliphatic rings. The van der Waals surface area contributed by atoms with Gasteiger partial charge in [0.1, 0.15) is 11.5 Å². The van der Waals surface area contributed by atoms with Gasteiger partial charge in [0.05, 0.1) is 25.1 Å².